The maximum absolute atomic E-state index is 12.4. The average Bonchev–Trinajstić information content (AvgIpc) is 2.39. The Kier molecular flexibility index (Phi) is 4.19. The molecule has 0 atom stereocenters. The van der Waals surface area contributed by atoms with Crippen molar-refractivity contribution in [1.29, 1.82) is 0 Å². The predicted octanol–water partition coefficient (Wildman–Crippen LogP) is 2.95. The number of nitrogens with one attached hydrogen (secondary N) is 1. The fourth-order valence-corrected chi connectivity index (χ4v) is 4.07. The van der Waals surface area contributed by atoms with Crippen LogP contribution >= 0.6 is 11.6 Å². The minimum absolute atomic E-state index is 0.153. The topological polar surface area (TPSA) is 46.2 Å². The van der Waals surface area contributed by atoms with Gasteiger partial charge in [-0.25, -0.2) is 8.42 Å². The molecule has 0 saturated heterocycles. The van der Waals surface area contributed by atoms with Crippen molar-refractivity contribution in [2.24, 2.45) is 0 Å². The molecule has 2 rings (SSSR count). The molecule has 1 saturated carbocycles. The minimum atomic E-state index is -3.63. The van der Waals surface area contributed by atoms with Gasteiger partial charge in [0, 0.05) is 5.02 Å². The molecule has 102 valence electrons. The van der Waals surface area contributed by atoms with Gasteiger partial charge in [0.15, 0.2) is 0 Å². The molecule has 5 heteroatoms. The van der Waals surface area contributed by atoms with Crippen LogP contribution < -0.4 is 4.72 Å². The highest BCUT2D eigenvalue weighted by molar-refractivity contribution is 7.89. The van der Waals surface area contributed by atoms with Crippen LogP contribution in [0, 0.1) is 12.3 Å². The van der Waals surface area contributed by atoms with Crippen molar-refractivity contribution >= 4 is 21.6 Å². The van der Waals surface area contributed by atoms with Crippen LogP contribution in [0.5, 0.6) is 0 Å². The van der Waals surface area contributed by atoms with Gasteiger partial charge in [-0.2, -0.15) is 4.72 Å². The molecule has 0 aromatic heterocycles. The van der Waals surface area contributed by atoms with Crippen molar-refractivity contribution in [3.8, 4) is 12.3 Å². The molecule has 1 aromatic carbocycles. The molecule has 0 radical (unpaired) electrons. The number of sulfonamides is 1. The molecule has 1 fully saturated rings. The van der Waals surface area contributed by atoms with Gasteiger partial charge in [-0.3, -0.25) is 0 Å². The monoisotopic (exact) mass is 297 g/mol. The Morgan fingerprint density at radius 1 is 1.26 bits per heavy atom. The van der Waals surface area contributed by atoms with Crippen molar-refractivity contribution in [2.45, 2.75) is 42.5 Å². The van der Waals surface area contributed by atoms with Gasteiger partial charge in [0.05, 0.1) is 10.4 Å². The highest BCUT2D eigenvalue weighted by atomic mass is 35.5. The number of benzene rings is 1. The number of rotatable bonds is 3. The zero-order valence-corrected chi connectivity index (χ0v) is 12.1. The van der Waals surface area contributed by atoms with E-state index in [1.165, 1.54) is 12.1 Å². The lowest BCUT2D eigenvalue weighted by Crippen LogP contribution is -2.48. The molecule has 0 bridgehead atoms. The Hall–Kier alpha value is -1.02. The highest BCUT2D eigenvalue weighted by Gasteiger charge is 2.34. The summed E-state index contributed by atoms with van der Waals surface area (Å²) in [6.07, 6.45) is 9.91. The van der Waals surface area contributed by atoms with Gasteiger partial charge >= 0.3 is 0 Å². The Balaban J connectivity index is 2.28. The quantitative estimate of drug-likeness (QED) is 0.872. The molecule has 19 heavy (non-hydrogen) atoms. The van der Waals surface area contributed by atoms with Gasteiger partial charge in [0.2, 0.25) is 10.0 Å². The zero-order chi connectivity index (χ0) is 13.9. The first-order valence-corrected chi connectivity index (χ1v) is 8.11. The van der Waals surface area contributed by atoms with Crippen LogP contribution in [0.1, 0.15) is 32.1 Å². The zero-order valence-electron chi connectivity index (χ0n) is 10.5. The molecule has 0 spiro atoms. The predicted molar refractivity (Wildman–Crippen MR) is 76.4 cm³/mol. The van der Waals surface area contributed by atoms with Gasteiger partial charge in [-0.15, -0.1) is 6.42 Å². The van der Waals surface area contributed by atoms with Gasteiger partial charge < -0.3 is 0 Å². The van der Waals surface area contributed by atoms with E-state index >= 15 is 0 Å². The molecule has 0 unspecified atom stereocenters. The van der Waals surface area contributed by atoms with Gasteiger partial charge in [-0.05, 0) is 31.0 Å². The molecule has 0 aliphatic heterocycles. The third-order valence-electron chi connectivity index (χ3n) is 3.42. The van der Waals surface area contributed by atoms with E-state index < -0.39 is 15.6 Å². The second-order valence-electron chi connectivity index (χ2n) is 4.85. The molecular weight excluding hydrogens is 282 g/mol. The van der Waals surface area contributed by atoms with Crippen molar-refractivity contribution < 1.29 is 8.42 Å². The van der Waals surface area contributed by atoms with Crippen LogP contribution in [0.4, 0.5) is 0 Å². The molecule has 1 aromatic rings. The Labute approximate surface area is 119 Å². The van der Waals surface area contributed by atoms with Crippen molar-refractivity contribution in [2.75, 3.05) is 0 Å². The van der Waals surface area contributed by atoms with Crippen molar-refractivity contribution in [1.82, 2.24) is 4.72 Å². The lowest BCUT2D eigenvalue weighted by Gasteiger charge is -2.32. The minimum Gasteiger partial charge on any atom is -0.207 e. The first-order valence-electron chi connectivity index (χ1n) is 6.25. The normalized spacial score (nSPS) is 18.7. The second kappa shape index (κ2) is 5.54. The molecular formula is C14H16ClNO2S. The summed E-state index contributed by atoms with van der Waals surface area (Å²) >= 11 is 5.83. The molecule has 3 nitrogen and oxygen atoms in total. The standard InChI is InChI=1S/C14H16ClNO2S/c1-2-14(9-4-3-5-10-14)16-19(17,18)13-8-6-7-12(15)11-13/h1,6-8,11,16H,3-5,9-10H2. The lowest BCUT2D eigenvalue weighted by atomic mass is 9.83. The SMILES string of the molecule is C#CC1(NS(=O)(=O)c2cccc(Cl)c2)CCCCC1. The number of halogens is 1. The molecule has 0 amide bonds. The van der Waals surface area contributed by atoms with E-state index in [1.54, 1.807) is 12.1 Å². The van der Waals surface area contributed by atoms with Crippen LogP contribution in [-0.4, -0.2) is 14.0 Å². The fourth-order valence-electron chi connectivity index (χ4n) is 2.38. The molecule has 1 aliphatic carbocycles. The number of terminal acetylenes is 1. The van der Waals surface area contributed by atoms with Gasteiger partial charge in [0.25, 0.3) is 0 Å². The summed E-state index contributed by atoms with van der Waals surface area (Å²) in [6, 6.07) is 6.19. The van der Waals surface area contributed by atoms with E-state index in [0.29, 0.717) is 17.9 Å². The van der Waals surface area contributed by atoms with Crippen molar-refractivity contribution in [3.63, 3.8) is 0 Å². The van der Waals surface area contributed by atoms with E-state index in [0.717, 1.165) is 19.3 Å². The summed E-state index contributed by atoms with van der Waals surface area (Å²) < 4.78 is 27.4. The summed E-state index contributed by atoms with van der Waals surface area (Å²) in [5.41, 5.74) is -0.751. The van der Waals surface area contributed by atoms with E-state index in [2.05, 4.69) is 10.6 Å². The summed E-state index contributed by atoms with van der Waals surface area (Å²) in [5.74, 6) is 2.63. The van der Waals surface area contributed by atoms with E-state index in [4.69, 9.17) is 18.0 Å². The van der Waals surface area contributed by atoms with Crippen LogP contribution in [0.3, 0.4) is 0 Å². The Bertz CT molecular complexity index is 598. The second-order valence-corrected chi connectivity index (χ2v) is 6.97. The largest absolute Gasteiger partial charge is 0.241 e. The van der Waals surface area contributed by atoms with Crippen LogP contribution in [0.2, 0.25) is 5.02 Å². The fraction of sp³-hybridized carbons (Fsp3) is 0.429. The first kappa shape index (κ1) is 14.4. The summed E-state index contributed by atoms with van der Waals surface area (Å²) in [4.78, 5) is 0.153. The van der Waals surface area contributed by atoms with E-state index in [1.807, 2.05) is 0 Å². The lowest BCUT2D eigenvalue weighted by molar-refractivity contribution is 0.341. The molecule has 1 N–H and O–H groups in total. The maximum Gasteiger partial charge on any atom is 0.241 e. The summed E-state index contributed by atoms with van der Waals surface area (Å²) in [6.45, 7) is 0. The molecule has 0 heterocycles. The Morgan fingerprint density at radius 3 is 2.53 bits per heavy atom. The summed E-state index contributed by atoms with van der Waals surface area (Å²) in [7, 11) is -3.63. The van der Waals surface area contributed by atoms with Crippen molar-refractivity contribution in [3.05, 3.63) is 29.3 Å². The van der Waals surface area contributed by atoms with Gasteiger partial charge in [0.1, 0.15) is 0 Å². The van der Waals surface area contributed by atoms with E-state index in [9.17, 15) is 8.42 Å². The molecule has 1 aliphatic rings. The highest BCUT2D eigenvalue weighted by Crippen LogP contribution is 2.29. The summed E-state index contributed by atoms with van der Waals surface area (Å²) in [5, 5.41) is 0.390. The third-order valence-corrected chi connectivity index (χ3v) is 5.19. The third kappa shape index (κ3) is 3.30. The average molecular weight is 298 g/mol. The number of hydrogen-bond donors (Lipinski definition) is 1. The Morgan fingerprint density at radius 2 is 1.95 bits per heavy atom. The van der Waals surface area contributed by atoms with Crippen LogP contribution in [0.15, 0.2) is 29.2 Å². The van der Waals surface area contributed by atoms with Gasteiger partial charge in [-0.1, -0.05) is 42.9 Å². The number of hydrogen-bond acceptors (Lipinski definition) is 2. The van der Waals surface area contributed by atoms with Crippen LogP contribution in [0.25, 0.3) is 0 Å². The maximum atomic E-state index is 12.4. The van der Waals surface area contributed by atoms with E-state index in [-0.39, 0.29) is 4.90 Å². The van der Waals surface area contributed by atoms with Crippen LogP contribution in [-0.2, 0) is 10.0 Å². The smallest absolute Gasteiger partial charge is 0.207 e. The first-order chi connectivity index (χ1) is 8.97.